The molecule has 20 heavy (non-hydrogen) atoms. The first-order valence-electron chi connectivity index (χ1n) is 7.41. The number of hydrogen-bond acceptors (Lipinski definition) is 3. The highest BCUT2D eigenvalue weighted by molar-refractivity contribution is 5.94. The minimum atomic E-state index is -0.272. The highest BCUT2D eigenvalue weighted by Gasteiger charge is 2.63. The number of allylic oxidation sites excluding steroid dienone is 1. The van der Waals surface area contributed by atoms with Crippen LogP contribution in [-0.2, 0) is 14.3 Å². The van der Waals surface area contributed by atoms with Crippen LogP contribution >= 0.6 is 0 Å². The Bertz CT molecular complexity index is 627. The molecule has 0 N–H and O–H groups in total. The van der Waals surface area contributed by atoms with E-state index in [2.05, 4.69) is 18.2 Å². The lowest BCUT2D eigenvalue weighted by atomic mass is 9.63. The van der Waals surface area contributed by atoms with E-state index >= 15 is 0 Å². The highest BCUT2D eigenvalue weighted by Crippen LogP contribution is 2.63. The van der Waals surface area contributed by atoms with Crippen molar-refractivity contribution >= 4 is 5.78 Å². The van der Waals surface area contributed by atoms with Crippen LogP contribution < -0.4 is 0 Å². The summed E-state index contributed by atoms with van der Waals surface area (Å²) in [6.45, 7) is 0.792. The largest absolute Gasteiger partial charge is 0.370 e. The van der Waals surface area contributed by atoms with E-state index in [0.717, 1.165) is 19.4 Å². The van der Waals surface area contributed by atoms with Crippen molar-refractivity contribution in [2.24, 2.45) is 11.8 Å². The summed E-state index contributed by atoms with van der Waals surface area (Å²) in [5.41, 5.74) is 2.19. The molecule has 0 unspecified atom stereocenters. The average Bonchev–Trinajstić information content (AvgIpc) is 3.18. The molecule has 1 aliphatic carbocycles. The summed E-state index contributed by atoms with van der Waals surface area (Å²) in [7, 11) is 0. The summed E-state index contributed by atoms with van der Waals surface area (Å²) in [5, 5.41) is 0. The van der Waals surface area contributed by atoms with Gasteiger partial charge in [-0.25, -0.2) is 0 Å². The van der Waals surface area contributed by atoms with Gasteiger partial charge in [0, 0.05) is 12.5 Å². The maximum absolute atomic E-state index is 12.4. The number of ether oxygens (including phenoxy) is 2. The lowest BCUT2D eigenvalue weighted by Gasteiger charge is -2.42. The third-order valence-corrected chi connectivity index (χ3v) is 5.45. The van der Waals surface area contributed by atoms with Gasteiger partial charge in [0.15, 0.2) is 5.78 Å². The normalized spacial score (nSPS) is 44.1. The summed E-state index contributed by atoms with van der Waals surface area (Å²) in [5.74, 6) is 0.304. The van der Waals surface area contributed by atoms with Crippen LogP contribution in [0.1, 0.15) is 36.2 Å². The molecule has 1 aromatic carbocycles. The van der Waals surface area contributed by atoms with Crippen molar-refractivity contribution in [1.82, 2.24) is 0 Å². The van der Waals surface area contributed by atoms with E-state index in [0.29, 0.717) is 0 Å². The van der Waals surface area contributed by atoms with Crippen molar-refractivity contribution in [1.29, 1.82) is 0 Å². The maximum Gasteiger partial charge on any atom is 0.162 e. The first-order chi connectivity index (χ1) is 9.80. The van der Waals surface area contributed by atoms with Crippen molar-refractivity contribution in [3.8, 4) is 0 Å². The summed E-state index contributed by atoms with van der Waals surface area (Å²) in [6.07, 6.45) is 5.77. The molecule has 2 saturated heterocycles. The van der Waals surface area contributed by atoms with Crippen molar-refractivity contribution in [3.63, 3.8) is 0 Å². The number of hydrogen-bond donors (Lipinski definition) is 0. The second-order valence-corrected chi connectivity index (χ2v) is 6.30. The molecule has 2 fully saturated rings. The standard InChI is InChI=1S/C17H16O3/c18-12-6-8-17(7-3-9-19-17)14-13(12)15-10-4-1-2-5-11(10)16(14)20-15/h1-2,4-6,8,13-16H,3,7,9H2/t13-,14+,15-,16+,17+/m0/s1. The quantitative estimate of drug-likeness (QED) is 0.725. The molecule has 0 saturated carbocycles. The predicted molar refractivity (Wildman–Crippen MR) is 72.1 cm³/mol. The van der Waals surface area contributed by atoms with E-state index in [1.165, 1.54) is 11.1 Å². The topological polar surface area (TPSA) is 35.5 Å². The van der Waals surface area contributed by atoms with Gasteiger partial charge in [-0.15, -0.1) is 0 Å². The summed E-state index contributed by atoms with van der Waals surface area (Å²) in [4.78, 5) is 12.4. The molecule has 5 atom stereocenters. The Morgan fingerprint density at radius 1 is 1.15 bits per heavy atom. The maximum atomic E-state index is 12.4. The van der Waals surface area contributed by atoms with Crippen LogP contribution in [0, 0.1) is 11.8 Å². The summed E-state index contributed by atoms with van der Waals surface area (Å²) < 4.78 is 12.3. The minimum absolute atomic E-state index is 0.0215. The molecule has 1 spiro atoms. The van der Waals surface area contributed by atoms with Gasteiger partial charge < -0.3 is 9.47 Å². The number of rotatable bonds is 0. The number of fused-ring (bicyclic) bond motifs is 9. The van der Waals surface area contributed by atoms with Crippen LogP contribution in [0.3, 0.4) is 0 Å². The van der Waals surface area contributed by atoms with Crippen molar-refractivity contribution in [2.75, 3.05) is 6.61 Å². The van der Waals surface area contributed by atoms with Crippen molar-refractivity contribution in [3.05, 3.63) is 47.5 Å². The van der Waals surface area contributed by atoms with Gasteiger partial charge in [-0.1, -0.05) is 24.3 Å². The van der Waals surface area contributed by atoms with Gasteiger partial charge in [-0.05, 0) is 36.1 Å². The fraction of sp³-hybridized carbons (Fsp3) is 0.471. The van der Waals surface area contributed by atoms with Crippen molar-refractivity contribution in [2.45, 2.75) is 30.7 Å². The van der Waals surface area contributed by atoms with Gasteiger partial charge in [0.05, 0.1) is 23.7 Å². The van der Waals surface area contributed by atoms with Crippen LogP contribution in [0.15, 0.2) is 36.4 Å². The first-order valence-corrected chi connectivity index (χ1v) is 7.41. The van der Waals surface area contributed by atoms with E-state index < -0.39 is 0 Å². The van der Waals surface area contributed by atoms with Gasteiger partial charge in [0.1, 0.15) is 0 Å². The average molecular weight is 268 g/mol. The second-order valence-electron chi connectivity index (χ2n) is 6.30. The van der Waals surface area contributed by atoms with Gasteiger partial charge in [0.25, 0.3) is 0 Å². The SMILES string of the molecule is O=C1C=C[C@]2(CCCO2)[C@@H]2[C@H]1[C@H]1O[C@@H]2c2ccccc21. The molecule has 1 aromatic rings. The van der Waals surface area contributed by atoms with Gasteiger partial charge in [0.2, 0.25) is 0 Å². The van der Waals surface area contributed by atoms with E-state index in [1.807, 2.05) is 12.1 Å². The number of carbonyl (C=O) groups is 1. The molecule has 3 heterocycles. The van der Waals surface area contributed by atoms with E-state index in [4.69, 9.17) is 9.47 Å². The zero-order chi connectivity index (χ0) is 13.3. The van der Waals surface area contributed by atoms with Crippen LogP contribution in [-0.4, -0.2) is 18.0 Å². The Morgan fingerprint density at radius 3 is 2.70 bits per heavy atom. The summed E-state index contributed by atoms with van der Waals surface area (Å²) >= 11 is 0. The van der Waals surface area contributed by atoms with E-state index in [1.54, 1.807) is 6.08 Å². The molecule has 102 valence electrons. The minimum Gasteiger partial charge on any atom is -0.370 e. The lowest BCUT2D eigenvalue weighted by Crippen LogP contribution is -2.47. The van der Waals surface area contributed by atoms with Crippen LogP contribution in [0.25, 0.3) is 0 Å². The molecular formula is C17H16O3. The van der Waals surface area contributed by atoms with Crippen LogP contribution in [0.5, 0.6) is 0 Å². The molecule has 2 bridgehead atoms. The fourth-order valence-electron chi connectivity index (χ4n) is 4.68. The van der Waals surface area contributed by atoms with Gasteiger partial charge >= 0.3 is 0 Å². The molecule has 0 amide bonds. The molecule has 3 nitrogen and oxygen atoms in total. The fourth-order valence-corrected chi connectivity index (χ4v) is 4.68. The Kier molecular flexibility index (Phi) is 2.02. The zero-order valence-corrected chi connectivity index (χ0v) is 11.1. The number of ketones is 1. The lowest BCUT2D eigenvalue weighted by molar-refractivity contribution is -0.126. The number of benzene rings is 1. The van der Waals surface area contributed by atoms with E-state index in [-0.39, 0.29) is 35.4 Å². The first kappa shape index (κ1) is 11.2. The third kappa shape index (κ3) is 1.17. The molecule has 0 aromatic heterocycles. The molecule has 4 aliphatic rings. The number of carbonyl (C=O) groups excluding carboxylic acids is 1. The second kappa shape index (κ2) is 3.60. The smallest absolute Gasteiger partial charge is 0.162 e. The van der Waals surface area contributed by atoms with Crippen molar-refractivity contribution < 1.29 is 14.3 Å². The van der Waals surface area contributed by atoms with Gasteiger partial charge in [-0.2, -0.15) is 0 Å². The molecule has 3 aliphatic heterocycles. The molecule has 3 heteroatoms. The Labute approximate surface area is 117 Å². The predicted octanol–water partition coefficient (Wildman–Crippen LogP) is 2.73. The van der Waals surface area contributed by atoms with Crippen LogP contribution in [0.2, 0.25) is 0 Å². The summed E-state index contributed by atoms with van der Waals surface area (Å²) in [6, 6.07) is 8.33. The zero-order valence-electron chi connectivity index (χ0n) is 11.1. The Hall–Kier alpha value is -1.45. The monoisotopic (exact) mass is 268 g/mol. The molecule has 5 rings (SSSR count). The highest BCUT2D eigenvalue weighted by atomic mass is 16.5. The Morgan fingerprint density at radius 2 is 1.95 bits per heavy atom. The van der Waals surface area contributed by atoms with Crippen LogP contribution in [0.4, 0.5) is 0 Å². The van der Waals surface area contributed by atoms with E-state index in [9.17, 15) is 4.79 Å². The third-order valence-electron chi connectivity index (χ3n) is 5.45. The van der Waals surface area contributed by atoms with Gasteiger partial charge in [-0.3, -0.25) is 4.79 Å². The molecule has 0 radical (unpaired) electrons. The molecular weight excluding hydrogens is 252 g/mol. The Balaban J connectivity index is 1.70.